The molecule has 0 atom stereocenters. The van der Waals surface area contributed by atoms with Crippen LogP contribution in [0.2, 0.25) is 0 Å². The Bertz CT molecular complexity index is 1840. The number of halogens is 1. The summed E-state index contributed by atoms with van der Waals surface area (Å²) < 4.78 is 19.0. The van der Waals surface area contributed by atoms with E-state index in [4.69, 9.17) is 0 Å². The molecule has 38 heavy (non-hydrogen) atoms. The Balaban J connectivity index is 1.24. The van der Waals surface area contributed by atoms with E-state index in [9.17, 15) is 14.4 Å². The van der Waals surface area contributed by atoms with Crippen molar-refractivity contribution in [2.24, 2.45) is 7.05 Å². The van der Waals surface area contributed by atoms with Crippen molar-refractivity contribution in [3.8, 4) is 34.1 Å². The summed E-state index contributed by atoms with van der Waals surface area (Å²) in [6, 6.07) is 7.10. The Hall–Kier alpha value is -5.64. The SMILES string of the molecule is Cn1cc(-c2cc(-c3cnn(C(=O)NCc4ccc(-n5cc(F)cn5)nc4)c3)c3c(C#N)cnn3c2)cn1. The first-order valence-corrected chi connectivity index (χ1v) is 11.4. The molecule has 0 spiro atoms. The van der Waals surface area contributed by atoms with Crippen LogP contribution in [-0.4, -0.2) is 50.0 Å². The lowest BCUT2D eigenvalue weighted by Crippen LogP contribution is -2.28. The Labute approximate surface area is 214 Å². The Morgan fingerprint density at radius 1 is 0.974 bits per heavy atom. The van der Waals surface area contributed by atoms with Gasteiger partial charge in [-0.25, -0.2) is 23.4 Å². The summed E-state index contributed by atoms with van der Waals surface area (Å²) in [5.74, 6) is 0.000443. The molecule has 0 aliphatic heterocycles. The Morgan fingerprint density at radius 2 is 1.84 bits per heavy atom. The van der Waals surface area contributed by atoms with Crippen LogP contribution in [0.5, 0.6) is 0 Å². The minimum Gasteiger partial charge on any atom is -0.332 e. The summed E-state index contributed by atoms with van der Waals surface area (Å²) in [5, 5.41) is 29.1. The number of nitriles is 1. The first kappa shape index (κ1) is 22.8. The normalized spacial score (nSPS) is 11.1. The van der Waals surface area contributed by atoms with Gasteiger partial charge in [0, 0.05) is 60.6 Å². The molecule has 0 bridgehead atoms. The van der Waals surface area contributed by atoms with Crippen LogP contribution in [-0.2, 0) is 13.6 Å². The summed E-state index contributed by atoms with van der Waals surface area (Å²) in [7, 11) is 1.83. The van der Waals surface area contributed by atoms with Gasteiger partial charge in [0.2, 0.25) is 0 Å². The first-order chi connectivity index (χ1) is 18.5. The molecule has 0 aliphatic rings. The van der Waals surface area contributed by atoms with Gasteiger partial charge in [0.1, 0.15) is 6.07 Å². The van der Waals surface area contributed by atoms with E-state index < -0.39 is 11.8 Å². The van der Waals surface area contributed by atoms with Gasteiger partial charge in [-0.3, -0.25) is 4.68 Å². The minimum atomic E-state index is -0.455. The fourth-order valence-corrected chi connectivity index (χ4v) is 4.07. The van der Waals surface area contributed by atoms with Gasteiger partial charge in [-0.05, 0) is 17.7 Å². The molecule has 0 saturated carbocycles. The van der Waals surface area contributed by atoms with Crippen molar-refractivity contribution in [2.75, 3.05) is 0 Å². The lowest BCUT2D eigenvalue weighted by Gasteiger charge is -2.07. The fraction of sp³-hybridized carbons (Fsp3) is 0.0800. The zero-order valence-corrected chi connectivity index (χ0v) is 19.9. The number of aromatic nitrogens is 9. The third-order valence-electron chi connectivity index (χ3n) is 5.91. The predicted octanol–water partition coefficient (Wildman–Crippen LogP) is 2.95. The molecule has 0 aromatic carbocycles. The van der Waals surface area contributed by atoms with Crippen molar-refractivity contribution in [3.63, 3.8) is 0 Å². The number of hydrogen-bond acceptors (Lipinski definition) is 7. The zero-order chi connectivity index (χ0) is 26.2. The number of aryl methyl sites for hydroxylation is 1. The van der Waals surface area contributed by atoms with Crippen LogP contribution in [0, 0.1) is 17.1 Å². The van der Waals surface area contributed by atoms with E-state index in [2.05, 4.69) is 36.8 Å². The molecule has 0 aliphatic carbocycles. The van der Waals surface area contributed by atoms with Crippen LogP contribution in [0.4, 0.5) is 9.18 Å². The number of amides is 1. The molecule has 6 aromatic heterocycles. The van der Waals surface area contributed by atoms with Crippen molar-refractivity contribution < 1.29 is 9.18 Å². The second kappa shape index (κ2) is 9.10. The van der Waals surface area contributed by atoms with Crippen molar-refractivity contribution in [1.82, 2.24) is 49.3 Å². The number of fused-ring (bicyclic) bond motifs is 1. The van der Waals surface area contributed by atoms with Crippen LogP contribution in [0.1, 0.15) is 11.1 Å². The van der Waals surface area contributed by atoms with Crippen molar-refractivity contribution in [3.05, 3.63) is 90.9 Å². The molecule has 186 valence electrons. The van der Waals surface area contributed by atoms with Crippen LogP contribution in [0.25, 0.3) is 33.6 Å². The maximum absolute atomic E-state index is 13.2. The van der Waals surface area contributed by atoms with E-state index in [0.29, 0.717) is 28.0 Å². The standard InChI is InChI=1S/C25H18FN11O/c1-34-12-19(9-30-34)17-4-22(24-18(5-27)8-31-36(24)13-17)20-10-32-37(14-20)25(38)29-7-16-2-3-23(28-6-16)35-15-21(26)11-33-35/h2-4,6,8-15H,7H2,1H3,(H,29,38). The largest absolute Gasteiger partial charge is 0.342 e. The summed E-state index contributed by atoms with van der Waals surface area (Å²) in [5.41, 5.74) is 4.84. The van der Waals surface area contributed by atoms with Gasteiger partial charge in [0.25, 0.3) is 0 Å². The number of nitrogens with zero attached hydrogens (tertiary/aromatic N) is 10. The molecular weight excluding hydrogens is 489 g/mol. The maximum atomic E-state index is 13.2. The van der Waals surface area contributed by atoms with Crippen molar-refractivity contribution in [1.29, 1.82) is 5.26 Å². The molecule has 6 rings (SSSR count). The summed E-state index contributed by atoms with van der Waals surface area (Å²) in [6.45, 7) is 0.205. The minimum absolute atomic E-state index is 0.205. The average molecular weight is 507 g/mol. The second-order valence-corrected chi connectivity index (χ2v) is 8.47. The van der Waals surface area contributed by atoms with Gasteiger partial charge in [0.15, 0.2) is 11.6 Å². The van der Waals surface area contributed by atoms with E-state index in [-0.39, 0.29) is 6.54 Å². The van der Waals surface area contributed by atoms with Crippen molar-refractivity contribution >= 4 is 11.5 Å². The zero-order valence-electron chi connectivity index (χ0n) is 19.9. The number of hydrogen-bond donors (Lipinski definition) is 1. The van der Waals surface area contributed by atoms with Gasteiger partial charge in [-0.2, -0.15) is 30.3 Å². The molecule has 6 heterocycles. The molecule has 6 aromatic rings. The van der Waals surface area contributed by atoms with Crippen LogP contribution >= 0.6 is 0 Å². The van der Waals surface area contributed by atoms with E-state index in [1.54, 1.807) is 46.1 Å². The van der Waals surface area contributed by atoms with Crippen LogP contribution < -0.4 is 5.32 Å². The van der Waals surface area contributed by atoms with Gasteiger partial charge in [-0.1, -0.05) is 6.07 Å². The van der Waals surface area contributed by atoms with E-state index in [0.717, 1.165) is 22.9 Å². The van der Waals surface area contributed by atoms with Gasteiger partial charge in [0.05, 0.1) is 42.1 Å². The average Bonchev–Trinajstić information content (AvgIpc) is 3.74. The highest BCUT2D eigenvalue weighted by Crippen LogP contribution is 2.31. The summed E-state index contributed by atoms with van der Waals surface area (Å²) >= 11 is 0. The highest BCUT2D eigenvalue weighted by molar-refractivity contribution is 5.88. The predicted molar refractivity (Wildman–Crippen MR) is 132 cm³/mol. The van der Waals surface area contributed by atoms with E-state index >= 15 is 0 Å². The number of carbonyl (C=O) groups excluding carboxylic acids is 1. The molecule has 0 radical (unpaired) electrons. The number of rotatable bonds is 5. The molecule has 0 fully saturated rings. The second-order valence-electron chi connectivity index (χ2n) is 8.47. The van der Waals surface area contributed by atoms with Gasteiger partial charge >= 0.3 is 6.03 Å². The quantitative estimate of drug-likeness (QED) is 0.379. The highest BCUT2D eigenvalue weighted by atomic mass is 19.1. The topological polar surface area (TPSA) is 137 Å². The van der Waals surface area contributed by atoms with Crippen LogP contribution in [0.15, 0.2) is 74.0 Å². The molecule has 1 amide bonds. The van der Waals surface area contributed by atoms with Gasteiger partial charge in [-0.15, -0.1) is 0 Å². The molecular formula is C25H18FN11O. The molecule has 1 N–H and O–H groups in total. The molecule has 13 heteroatoms. The van der Waals surface area contributed by atoms with Crippen molar-refractivity contribution in [2.45, 2.75) is 6.54 Å². The fourth-order valence-electron chi connectivity index (χ4n) is 4.07. The Kier molecular flexibility index (Phi) is 5.46. The molecule has 12 nitrogen and oxygen atoms in total. The van der Waals surface area contributed by atoms with Crippen LogP contribution in [0.3, 0.4) is 0 Å². The smallest absolute Gasteiger partial charge is 0.332 e. The summed E-state index contributed by atoms with van der Waals surface area (Å²) in [6.07, 6.45) is 14.0. The number of carbonyl (C=O) groups is 1. The Morgan fingerprint density at radius 3 is 2.55 bits per heavy atom. The monoisotopic (exact) mass is 507 g/mol. The molecule has 0 saturated heterocycles. The third kappa shape index (κ3) is 4.16. The number of pyridine rings is 2. The number of nitrogens with one attached hydrogen (secondary N) is 1. The lowest BCUT2D eigenvalue weighted by atomic mass is 10.0. The third-order valence-corrected chi connectivity index (χ3v) is 5.91. The lowest BCUT2D eigenvalue weighted by molar-refractivity contribution is 0.239. The maximum Gasteiger partial charge on any atom is 0.342 e. The van der Waals surface area contributed by atoms with Gasteiger partial charge < -0.3 is 5.32 Å². The van der Waals surface area contributed by atoms with E-state index in [1.807, 2.05) is 25.5 Å². The highest BCUT2D eigenvalue weighted by Gasteiger charge is 2.17. The first-order valence-electron chi connectivity index (χ1n) is 11.4. The molecule has 0 unspecified atom stereocenters. The summed E-state index contributed by atoms with van der Waals surface area (Å²) in [4.78, 5) is 17.1. The van der Waals surface area contributed by atoms with E-state index in [1.165, 1.54) is 21.8 Å².